The maximum Gasteiger partial charge on any atom is 0.218 e. The average molecular weight is 194 g/mol. The molecule has 76 valence electrons. The van der Waals surface area contributed by atoms with Gasteiger partial charge in [-0.25, -0.2) is 0 Å². The minimum atomic E-state index is -1.92. The van der Waals surface area contributed by atoms with E-state index in [1.54, 1.807) is 13.8 Å². The second kappa shape index (κ2) is 3.90. The molecule has 3 heteroatoms. The van der Waals surface area contributed by atoms with Crippen LogP contribution in [-0.2, 0) is 0 Å². The van der Waals surface area contributed by atoms with Crippen molar-refractivity contribution in [1.82, 2.24) is 0 Å². The Balaban J connectivity index is 3.28. The van der Waals surface area contributed by atoms with Crippen LogP contribution in [0.25, 0.3) is 0 Å². The standard InChI is InChI=1S/C11H14O3/c1-6-4-7(2)9(8(3)5-6)10(12)11(13)14/h4-5,11,13-14H,1-3H3. The van der Waals surface area contributed by atoms with Crippen LogP contribution in [-0.4, -0.2) is 22.3 Å². The molecular formula is C11H14O3. The molecule has 0 aliphatic rings. The average Bonchev–Trinajstić information content (AvgIpc) is 2.01. The molecule has 0 heterocycles. The van der Waals surface area contributed by atoms with E-state index in [0.29, 0.717) is 5.56 Å². The van der Waals surface area contributed by atoms with Gasteiger partial charge in [-0.3, -0.25) is 4.79 Å². The highest BCUT2D eigenvalue weighted by atomic mass is 16.5. The summed E-state index contributed by atoms with van der Waals surface area (Å²) in [4.78, 5) is 11.4. The molecule has 0 saturated carbocycles. The lowest BCUT2D eigenvalue weighted by atomic mass is 9.96. The molecule has 0 aliphatic carbocycles. The maximum atomic E-state index is 11.4. The minimum Gasteiger partial charge on any atom is -0.362 e. The largest absolute Gasteiger partial charge is 0.362 e. The zero-order valence-electron chi connectivity index (χ0n) is 8.53. The maximum absolute atomic E-state index is 11.4. The molecule has 1 rings (SSSR count). The molecule has 0 unspecified atom stereocenters. The first-order valence-corrected chi connectivity index (χ1v) is 4.41. The van der Waals surface area contributed by atoms with Gasteiger partial charge in [-0.2, -0.15) is 0 Å². The Hall–Kier alpha value is -1.19. The molecular weight excluding hydrogens is 180 g/mol. The highest BCUT2D eigenvalue weighted by Gasteiger charge is 2.18. The number of aliphatic hydroxyl groups excluding tert-OH is 1. The second-order valence-electron chi connectivity index (χ2n) is 3.51. The van der Waals surface area contributed by atoms with Crippen molar-refractivity contribution in [1.29, 1.82) is 0 Å². The molecule has 0 amide bonds. The Morgan fingerprint density at radius 1 is 1.14 bits per heavy atom. The number of carbonyl (C=O) groups is 1. The Morgan fingerprint density at radius 3 is 1.93 bits per heavy atom. The van der Waals surface area contributed by atoms with E-state index in [1.165, 1.54) is 0 Å². The Morgan fingerprint density at radius 2 is 1.57 bits per heavy atom. The van der Waals surface area contributed by atoms with Gasteiger partial charge in [-0.1, -0.05) is 17.7 Å². The van der Waals surface area contributed by atoms with Crippen LogP contribution in [0, 0.1) is 20.8 Å². The molecule has 0 bridgehead atoms. The molecule has 2 N–H and O–H groups in total. The van der Waals surface area contributed by atoms with Crippen molar-refractivity contribution in [2.75, 3.05) is 0 Å². The molecule has 0 spiro atoms. The number of hydrogen-bond acceptors (Lipinski definition) is 3. The van der Waals surface area contributed by atoms with E-state index in [-0.39, 0.29) is 0 Å². The monoisotopic (exact) mass is 194 g/mol. The topological polar surface area (TPSA) is 57.5 Å². The molecule has 0 aliphatic heterocycles. The lowest BCUT2D eigenvalue weighted by Crippen LogP contribution is -2.21. The van der Waals surface area contributed by atoms with E-state index >= 15 is 0 Å². The molecule has 1 aromatic rings. The normalized spacial score (nSPS) is 10.7. The first kappa shape index (κ1) is 10.9. The lowest BCUT2D eigenvalue weighted by Gasteiger charge is -2.10. The predicted octanol–water partition coefficient (Wildman–Crippen LogP) is 1.11. The van der Waals surface area contributed by atoms with Crippen molar-refractivity contribution in [3.8, 4) is 0 Å². The van der Waals surface area contributed by atoms with Crippen LogP contribution in [0.2, 0.25) is 0 Å². The van der Waals surface area contributed by atoms with E-state index in [1.807, 2.05) is 19.1 Å². The zero-order valence-corrected chi connectivity index (χ0v) is 8.53. The molecule has 0 radical (unpaired) electrons. The molecule has 1 aromatic carbocycles. The predicted molar refractivity (Wildman–Crippen MR) is 53.2 cm³/mol. The van der Waals surface area contributed by atoms with Crippen LogP contribution in [0.5, 0.6) is 0 Å². The number of aliphatic hydroxyl groups is 2. The van der Waals surface area contributed by atoms with Crippen LogP contribution in [0.4, 0.5) is 0 Å². The summed E-state index contributed by atoms with van der Waals surface area (Å²) >= 11 is 0. The summed E-state index contributed by atoms with van der Waals surface area (Å²) in [6.07, 6.45) is -1.92. The number of carbonyl (C=O) groups excluding carboxylic acids is 1. The summed E-state index contributed by atoms with van der Waals surface area (Å²) in [5.74, 6) is -0.639. The summed E-state index contributed by atoms with van der Waals surface area (Å²) in [6, 6.07) is 3.70. The highest BCUT2D eigenvalue weighted by Crippen LogP contribution is 2.17. The van der Waals surface area contributed by atoms with Crippen molar-refractivity contribution in [3.63, 3.8) is 0 Å². The van der Waals surface area contributed by atoms with Crippen molar-refractivity contribution in [2.45, 2.75) is 27.1 Å². The summed E-state index contributed by atoms with van der Waals surface area (Å²) in [7, 11) is 0. The van der Waals surface area contributed by atoms with E-state index in [9.17, 15) is 4.79 Å². The molecule has 0 saturated heterocycles. The number of Topliss-reactive ketones (excluding diaryl/α,β-unsaturated/α-hetero) is 1. The summed E-state index contributed by atoms with van der Waals surface area (Å²) in [6.45, 7) is 5.51. The van der Waals surface area contributed by atoms with Crippen LogP contribution in [0.3, 0.4) is 0 Å². The SMILES string of the molecule is Cc1cc(C)c(C(=O)C(O)O)c(C)c1. The smallest absolute Gasteiger partial charge is 0.218 e. The Bertz CT molecular complexity index is 344. The minimum absolute atomic E-state index is 0.408. The molecule has 0 atom stereocenters. The summed E-state index contributed by atoms with van der Waals surface area (Å²) in [5, 5.41) is 17.6. The van der Waals surface area contributed by atoms with Gasteiger partial charge in [0.1, 0.15) is 0 Å². The van der Waals surface area contributed by atoms with Crippen molar-refractivity contribution < 1.29 is 15.0 Å². The van der Waals surface area contributed by atoms with Crippen molar-refractivity contribution >= 4 is 5.78 Å². The van der Waals surface area contributed by atoms with Crippen LogP contribution in [0.1, 0.15) is 27.0 Å². The molecule has 0 fully saturated rings. The van der Waals surface area contributed by atoms with Gasteiger partial charge in [0, 0.05) is 5.56 Å². The molecule has 14 heavy (non-hydrogen) atoms. The lowest BCUT2D eigenvalue weighted by molar-refractivity contribution is -0.0196. The molecule has 3 nitrogen and oxygen atoms in total. The Kier molecular flexibility index (Phi) is 3.03. The van der Waals surface area contributed by atoms with Gasteiger partial charge >= 0.3 is 0 Å². The van der Waals surface area contributed by atoms with Gasteiger partial charge in [0.05, 0.1) is 0 Å². The third kappa shape index (κ3) is 2.00. The van der Waals surface area contributed by atoms with Crippen LogP contribution < -0.4 is 0 Å². The third-order valence-electron chi connectivity index (χ3n) is 2.16. The van der Waals surface area contributed by atoms with E-state index in [4.69, 9.17) is 10.2 Å². The highest BCUT2D eigenvalue weighted by molar-refractivity contribution is 6.00. The van der Waals surface area contributed by atoms with E-state index < -0.39 is 12.1 Å². The van der Waals surface area contributed by atoms with Crippen LogP contribution >= 0.6 is 0 Å². The van der Waals surface area contributed by atoms with Gasteiger partial charge in [-0.05, 0) is 31.9 Å². The van der Waals surface area contributed by atoms with Gasteiger partial charge in [-0.15, -0.1) is 0 Å². The van der Waals surface area contributed by atoms with E-state index in [2.05, 4.69) is 0 Å². The van der Waals surface area contributed by atoms with Crippen LogP contribution in [0.15, 0.2) is 12.1 Å². The number of ketones is 1. The summed E-state index contributed by atoms with van der Waals surface area (Å²) in [5.41, 5.74) is 3.02. The van der Waals surface area contributed by atoms with Gasteiger partial charge in [0.2, 0.25) is 12.1 Å². The van der Waals surface area contributed by atoms with Crippen molar-refractivity contribution in [3.05, 3.63) is 34.4 Å². The van der Waals surface area contributed by atoms with Gasteiger partial charge in [0.15, 0.2) is 0 Å². The zero-order chi connectivity index (χ0) is 10.9. The van der Waals surface area contributed by atoms with Gasteiger partial charge < -0.3 is 10.2 Å². The fourth-order valence-corrected chi connectivity index (χ4v) is 1.70. The fourth-order valence-electron chi connectivity index (χ4n) is 1.70. The Labute approximate surface area is 83.0 Å². The number of hydrogen-bond donors (Lipinski definition) is 2. The first-order valence-electron chi connectivity index (χ1n) is 4.41. The number of rotatable bonds is 2. The quantitative estimate of drug-likeness (QED) is 0.547. The number of aryl methyl sites for hydroxylation is 3. The fraction of sp³-hybridized carbons (Fsp3) is 0.364. The summed E-state index contributed by atoms with van der Waals surface area (Å²) < 4.78 is 0. The van der Waals surface area contributed by atoms with Gasteiger partial charge in [0.25, 0.3) is 0 Å². The van der Waals surface area contributed by atoms with Crippen molar-refractivity contribution in [2.24, 2.45) is 0 Å². The molecule has 0 aromatic heterocycles. The third-order valence-corrected chi connectivity index (χ3v) is 2.16. The second-order valence-corrected chi connectivity index (χ2v) is 3.51. The first-order chi connectivity index (χ1) is 6.43. The van der Waals surface area contributed by atoms with E-state index in [0.717, 1.165) is 16.7 Å². The number of benzene rings is 1.